The summed E-state index contributed by atoms with van der Waals surface area (Å²) >= 11 is 0. The molecule has 0 aromatic carbocycles. The van der Waals surface area contributed by atoms with E-state index in [2.05, 4.69) is 9.97 Å². The van der Waals surface area contributed by atoms with Crippen molar-refractivity contribution in [2.45, 2.75) is 24.9 Å². The molecule has 0 aliphatic carbocycles. The van der Waals surface area contributed by atoms with E-state index in [4.69, 9.17) is 0 Å². The van der Waals surface area contributed by atoms with Crippen molar-refractivity contribution in [3.8, 4) is 0 Å². The predicted molar refractivity (Wildman–Crippen MR) is 67.6 cm³/mol. The van der Waals surface area contributed by atoms with Crippen LogP contribution < -0.4 is 4.72 Å². The van der Waals surface area contributed by atoms with Crippen LogP contribution in [0.1, 0.15) is 19.9 Å². The summed E-state index contributed by atoms with van der Waals surface area (Å²) in [5.41, 5.74) is -0.439. The van der Waals surface area contributed by atoms with Crippen molar-refractivity contribution in [2.24, 2.45) is 0 Å². The number of nitrogens with one attached hydrogen (secondary N) is 1. The Bertz CT molecular complexity index is 728. The smallest absolute Gasteiger partial charge is 0.281 e. The highest BCUT2D eigenvalue weighted by atomic mass is 32.2. The highest BCUT2D eigenvalue weighted by Crippen LogP contribution is 2.18. The van der Waals surface area contributed by atoms with E-state index in [-0.39, 0.29) is 11.1 Å². The van der Waals surface area contributed by atoms with E-state index in [0.29, 0.717) is 0 Å². The molecular formula is C11H12F2N4O2S. The molecule has 0 aliphatic rings. The maximum absolute atomic E-state index is 13.3. The van der Waals surface area contributed by atoms with Crippen molar-refractivity contribution in [3.63, 3.8) is 0 Å². The maximum atomic E-state index is 13.3. The average Bonchev–Trinajstić information content (AvgIpc) is 2.83. The fourth-order valence-electron chi connectivity index (χ4n) is 1.42. The number of nitrogens with zero attached hydrogens (tertiary/aromatic N) is 3. The zero-order chi connectivity index (χ0) is 14.9. The summed E-state index contributed by atoms with van der Waals surface area (Å²) in [5.74, 6) is -2.27. The summed E-state index contributed by atoms with van der Waals surface area (Å²) in [6.07, 6.45) is 2.68. The SMILES string of the molecule is CC(C)n1cnc(S(=O)(=O)Nc2ccc(F)nc2F)c1. The second-order valence-electron chi connectivity index (χ2n) is 4.33. The molecule has 108 valence electrons. The Labute approximate surface area is 114 Å². The molecule has 0 radical (unpaired) electrons. The third kappa shape index (κ3) is 2.93. The second kappa shape index (κ2) is 5.16. The molecule has 0 saturated carbocycles. The summed E-state index contributed by atoms with van der Waals surface area (Å²) in [6, 6.07) is 1.85. The number of sulfonamides is 1. The zero-order valence-corrected chi connectivity index (χ0v) is 11.5. The Kier molecular flexibility index (Phi) is 3.71. The monoisotopic (exact) mass is 302 g/mol. The first-order valence-electron chi connectivity index (χ1n) is 5.68. The fourth-order valence-corrected chi connectivity index (χ4v) is 2.42. The maximum Gasteiger partial charge on any atom is 0.281 e. The fraction of sp³-hybridized carbons (Fsp3) is 0.273. The predicted octanol–water partition coefficient (Wildman–Crippen LogP) is 1.94. The van der Waals surface area contributed by atoms with Crippen molar-refractivity contribution >= 4 is 15.7 Å². The van der Waals surface area contributed by atoms with Crippen LogP contribution in [0.2, 0.25) is 0 Å². The van der Waals surface area contributed by atoms with Crippen LogP contribution in [0, 0.1) is 11.9 Å². The summed E-state index contributed by atoms with van der Waals surface area (Å²) < 4.78 is 53.5. The molecule has 0 saturated heterocycles. The van der Waals surface area contributed by atoms with Gasteiger partial charge in [-0.05, 0) is 26.0 Å². The Balaban J connectivity index is 2.30. The van der Waals surface area contributed by atoms with Gasteiger partial charge in [-0.25, -0.2) is 4.98 Å². The largest absolute Gasteiger partial charge is 0.334 e. The van der Waals surface area contributed by atoms with Gasteiger partial charge >= 0.3 is 0 Å². The minimum atomic E-state index is -4.05. The van der Waals surface area contributed by atoms with Crippen LogP contribution in [0.3, 0.4) is 0 Å². The minimum absolute atomic E-state index is 0.0377. The molecular weight excluding hydrogens is 290 g/mol. The van der Waals surface area contributed by atoms with Gasteiger partial charge in [0.15, 0.2) is 5.03 Å². The van der Waals surface area contributed by atoms with Crippen molar-refractivity contribution in [1.82, 2.24) is 14.5 Å². The number of aromatic nitrogens is 3. The number of halogens is 2. The highest BCUT2D eigenvalue weighted by Gasteiger charge is 2.20. The molecule has 0 spiro atoms. The van der Waals surface area contributed by atoms with Crippen LogP contribution in [0.15, 0.2) is 29.7 Å². The molecule has 0 amide bonds. The molecule has 2 heterocycles. The first-order valence-corrected chi connectivity index (χ1v) is 7.16. The van der Waals surface area contributed by atoms with Crippen molar-refractivity contribution in [1.29, 1.82) is 0 Å². The number of rotatable bonds is 4. The van der Waals surface area contributed by atoms with Crippen molar-refractivity contribution in [2.75, 3.05) is 4.72 Å². The molecule has 0 aliphatic heterocycles. The topological polar surface area (TPSA) is 76.9 Å². The number of imidazole rings is 1. The van der Waals surface area contributed by atoms with E-state index in [0.717, 1.165) is 12.1 Å². The first-order chi connectivity index (χ1) is 9.29. The lowest BCUT2D eigenvalue weighted by Gasteiger charge is -2.06. The van der Waals surface area contributed by atoms with E-state index in [1.165, 1.54) is 12.5 Å². The van der Waals surface area contributed by atoms with Gasteiger partial charge in [-0.3, -0.25) is 4.72 Å². The van der Waals surface area contributed by atoms with Crippen LogP contribution in [0.25, 0.3) is 0 Å². The van der Waals surface area contributed by atoms with Gasteiger partial charge in [0, 0.05) is 12.2 Å². The van der Waals surface area contributed by atoms with Gasteiger partial charge in [0.1, 0.15) is 5.69 Å². The molecule has 0 bridgehead atoms. The van der Waals surface area contributed by atoms with Gasteiger partial charge in [-0.1, -0.05) is 0 Å². The van der Waals surface area contributed by atoms with E-state index >= 15 is 0 Å². The standard InChI is InChI=1S/C11H12F2N4O2S/c1-7(2)17-5-10(14-6-17)20(18,19)16-8-3-4-9(12)15-11(8)13/h3-7,16H,1-2H3. The summed E-state index contributed by atoms with van der Waals surface area (Å²) in [5, 5.41) is -0.255. The lowest BCUT2D eigenvalue weighted by atomic mass is 10.4. The van der Waals surface area contributed by atoms with E-state index in [1.807, 2.05) is 18.6 Å². The second-order valence-corrected chi connectivity index (χ2v) is 5.96. The third-order valence-electron chi connectivity index (χ3n) is 2.51. The molecule has 0 fully saturated rings. The number of hydrogen-bond donors (Lipinski definition) is 1. The summed E-state index contributed by atoms with van der Waals surface area (Å²) in [4.78, 5) is 6.65. The Morgan fingerprint density at radius 1 is 1.30 bits per heavy atom. The molecule has 1 N–H and O–H groups in total. The Hall–Kier alpha value is -2.03. The number of pyridine rings is 1. The minimum Gasteiger partial charge on any atom is -0.334 e. The molecule has 9 heteroatoms. The highest BCUT2D eigenvalue weighted by molar-refractivity contribution is 7.92. The molecule has 2 rings (SSSR count). The molecule has 20 heavy (non-hydrogen) atoms. The quantitative estimate of drug-likeness (QED) is 0.876. The lowest BCUT2D eigenvalue weighted by Crippen LogP contribution is -2.15. The van der Waals surface area contributed by atoms with Gasteiger partial charge in [0.2, 0.25) is 11.9 Å². The van der Waals surface area contributed by atoms with Crippen LogP contribution in [0.4, 0.5) is 14.5 Å². The summed E-state index contributed by atoms with van der Waals surface area (Å²) in [7, 11) is -4.05. The van der Waals surface area contributed by atoms with Gasteiger partial charge in [-0.2, -0.15) is 22.2 Å². The van der Waals surface area contributed by atoms with Crippen molar-refractivity contribution in [3.05, 3.63) is 36.6 Å². The normalized spacial score (nSPS) is 11.8. The van der Waals surface area contributed by atoms with Crippen LogP contribution in [0.5, 0.6) is 0 Å². The Morgan fingerprint density at radius 2 is 2.00 bits per heavy atom. The van der Waals surface area contributed by atoms with E-state index in [1.54, 1.807) is 4.57 Å². The first kappa shape index (κ1) is 14.4. The Morgan fingerprint density at radius 3 is 2.55 bits per heavy atom. The van der Waals surface area contributed by atoms with Crippen LogP contribution in [-0.4, -0.2) is 23.0 Å². The van der Waals surface area contributed by atoms with Gasteiger partial charge in [-0.15, -0.1) is 0 Å². The van der Waals surface area contributed by atoms with Gasteiger partial charge < -0.3 is 4.57 Å². The third-order valence-corrected chi connectivity index (χ3v) is 3.76. The van der Waals surface area contributed by atoms with Gasteiger partial charge in [0.25, 0.3) is 10.0 Å². The number of hydrogen-bond acceptors (Lipinski definition) is 4. The molecule has 2 aromatic rings. The van der Waals surface area contributed by atoms with Crippen LogP contribution >= 0.6 is 0 Å². The molecule has 0 unspecified atom stereocenters. The molecule has 6 nitrogen and oxygen atoms in total. The van der Waals surface area contributed by atoms with Crippen LogP contribution in [-0.2, 0) is 10.0 Å². The van der Waals surface area contributed by atoms with Crippen molar-refractivity contribution < 1.29 is 17.2 Å². The summed E-state index contributed by atoms with van der Waals surface area (Å²) in [6.45, 7) is 3.71. The van der Waals surface area contributed by atoms with E-state index < -0.39 is 27.6 Å². The lowest BCUT2D eigenvalue weighted by molar-refractivity contribution is 0.515. The van der Waals surface area contributed by atoms with Gasteiger partial charge in [0.05, 0.1) is 6.33 Å². The molecule has 2 aromatic heterocycles. The zero-order valence-electron chi connectivity index (χ0n) is 10.7. The molecule has 0 atom stereocenters. The van der Waals surface area contributed by atoms with E-state index in [9.17, 15) is 17.2 Å². The average molecular weight is 302 g/mol. The number of anilines is 1.